The third kappa shape index (κ3) is 3.03. The number of aliphatic carboxylic acids is 1. The van der Waals surface area contributed by atoms with Gasteiger partial charge in [-0.2, -0.15) is 0 Å². The lowest BCUT2D eigenvalue weighted by molar-refractivity contribution is -0.139. The van der Waals surface area contributed by atoms with Crippen molar-refractivity contribution in [3.05, 3.63) is 35.0 Å². The summed E-state index contributed by atoms with van der Waals surface area (Å²) in [6.45, 7) is 0. The molecule has 110 valence electrons. The number of aromatic nitrogens is 1. The van der Waals surface area contributed by atoms with Crippen molar-refractivity contribution < 1.29 is 14.7 Å². The van der Waals surface area contributed by atoms with Crippen molar-refractivity contribution in [3.63, 3.8) is 0 Å². The van der Waals surface area contributed by atoms with Gasteiger partial charge in [-0.3, -0.25) is 4.79 Å². The summed E-state index contributed by atoms with van der Waals surface area (Å²) in [4.78, 5) is 26.3. The highest BCUT2D eigenvalue weighted by Crippen LogP contribution is 2.33. The highest BCUT2D eigenvalue weighted by atomic mass is 35.5. The van der Waals surface area contributed by atoms with Crippen LogP contribution in [0, 0.1) is 5.92 Å². The quantitative estimate of drug-likeness (QED) is 0.794. The van der Waals surface area contributed by atoms with Crippen molar-refractivity contribution >= 4 is 34.4 Å². The first-order chi connectivity index (χ1) is 10.0. The third-order valence-electron chi connectivity index (χ3n) is 3.72. The molecule has 0 bridgehead atoms. The molecule has 1 unspecified atom stereocenters. The second-order valence-electron chi connectivity index (χ2n) is 5.43. The van der Waals surface area contributed by atoms with Gasteiger partial charge in [-0.05, 0) is 24.5 Å². The Bertz CT molecular complexity index is 706. The Kier molecular flexibility index (Phi) is 3.59. The van der Waals surface area contributed by atoms with Crippen LogP contribution < -0.4 is 5.32 Å². The fourth-order valence-electron chi connectivity index (χ4n) is 2.39. The van der Waals surface area contributed by atoms with Crippen LogP contribution in [0.3, 0.4) is 0 Å². The first-order valence-electron chi connectivity index (χ1n) is 6.85. The molecule has 3 N–H and O–H groups in total. The van der Waals surface area contributed by atoms with E-state index in [9.17, 15) is 14.7 Å². The second kappa shape index (κ2) is 5.41. The fourth-order valence-corrected chi connectivity index (χ4v) is 2.61. The molecule has 6 heteroatoms. The standard InChI is InChI=1S/C15H15ClN2O3/c16-10-3-1-2-9-7-11(17-13(9)10)14(19)18-12(15(20)21)6-8-4-5-8/h1-3,7-8,12,17H,4-6H2,(H,18,19)(H,20,21). The van der Waals surface area contributed by atoms with Gasteiger partial charge < -0.3 is 15.4 Å². The molecule has 1 atom stereocenters. The number of carbonyl (C=O) groups is 2. The van der Waals surface area contributed by atoms with E-state index in [0.717, 1.165) is 18.2 Å². The number of aromatic amines is 1. The molecule has 5 nitrogen and oxygen atoms in total. The molecule has 3 rings (SSSR count). The summed E-state index contributed by atoms with van der Waals surface area (Å²) >= 11 is 6.05. The lowest BCUT2D eigenvalue weighted by Crippen LogP contribution is -2.41. The number of rotatable bonds is 5. The molecule has 1 amide bonds. The Morgan fingerprint density at radius 2 is 2.19 bits per heavy atom. The molecule has 1 aromatic heterocycles. The van der Waals surface area contributed by atoms with Crippen molar-refractivity contribution in [3.8, 4) is 0 Å². The summed E-state index contributed by atoms with van der Waals surface area (Å²) in [5.41, 5.74) is 0.999. The molecule has 1 saturated carbocycles. The number of fused-ring (bicyclic) bond motifs is 1. The summed E-state index contributed by atoms with van der Waals surface area (Å²) in [7, 11) is 0. The average molecular weight is 307 g/mol. The smallest absolute Gasteiger partial charge is 0.326 e. The molecule has 1 fully saturated rings. The lowest BCUT2D eigenvalue weighted by atomic mass is 10.1. The molecule has 1 aromatic carbocycles. The summed E-state index contributed by atoms with van der Waals surface area (Å²) < 4.78 is 0. The summed E-state index contributed by atoms with van der Waals surface area (Å²) in [6, 6.07) is 6.20. The van der Waals surface area contributed by atoms with E-state index in [1.165, 1.54) is 0 Å². The van der Waals surface area contributed by atoms with E-state index in [-0.39, 0.29) is 0 Å². The van der Waals surface area contributed by atoms with Gasteiger partial charge in [-0.25, -0.2) is 4.79 Å². The SMILES string of the molecule is O=C(NC(CC1CC1)C(=O)O)c1cc2cccc(Cl)c2[nH]1. The Labute approximate surface area is 126 Å². The summed E-state index contributed by atoms with van der Waals surface area (Å²) in [5, 5.41) is 13.1. The van der Waals surface area contributed by atoms with Gasteiger partial charge in [0.2, 0.25) is 0 Å². The number of H-pyrrole nitrogens is 1. The van der Waals surface area contributed by atoms with Gasteiger partial charge >= 0.3 is 5.97 Å². The second-order valence-corrected chi connectivity index (χ2v) is 5.84. The maximum absolute atomic E-state index is 12.2. The zero-order chi connectivity index (χ0) is 15.0. The topological polar surface area (TPSA) is 82.2 Å². The molecule has 0 saturated heterocycles. The van der Waals surface area contributed by atoms with Crippen LogP contribution in [0.4, 0.5) is 0 Å². The minimum Gasteiger partial charge on any atom is -0.480 e. The molecule has 0 spiro atoms. The molecule has 0 aliphatic heterocycles. The van der Waals surface area contributed by atoms with Gasteiger partial charge in [0.05, 0.1) is 10.5 Å². The average Bonchev–Trinajstić information content (AvgIpc) is 3.13. The van der Waals surface area contributed by atoms with Crippen LogP contribution in [0.15, 0.2) is 24.3 Å². The third-order valence-corrected chi connectivity index (χ3v) is 4.03. The van der Waals surface area contributed by atoms with Crippen LogP contribution in [0.2, 0.25) is 5.02 Å². The number of carbonyl (C=O) groups excluding carboxylic acids is 1. The number of amides is 1. The number of para-hydroxylation sites is 1. The molecule has 1 heterocycles. The van der Waals surface area contributed by atoms with Crippen molar-refractivity contribution in [2.75, 3.05) is 0 Å². The van der Waals surface area contributed by atoms with Crippen molar-refractivity contribution in [1.82, 2.24) is 10.3 Å². The van der Waals surface area contributed by atoms with Gasteiger partial charge in [0, 0.05) is 5.39 Å². The molecular weight excluding hydrogens is 292 g/mol. The highest BCUT2D eigenvalue weighted by molar-refractivity contribution is 6.35. The summed E-state index contributed by atoms with van der Waals surface area (Å²) in [5.74, 6) is -0.997. The van der Waals surface area contributed by atoms with Crippen molar-refractivity contribution in [2.24, 2.45) is 5.92 Å². The number of hydrogen-bond donors (Lipinski definition) is 3. The van der Waals surface area contributed by atoms with E-state index in [1.807, 2.05) is 6.07 Å². The largest absolute Gasteiger partial charge is 0.480 e. The first kappa shape index (κ1) is 13.9. The predicted octanol–water partition coefficient (Wildman–Crippen LogP) is 2.80. The number of hydrogen-bond acceptors (Lipinski definition) is 2. The van der Waals surface area contributed by atoms with Crippen LogP contribution in [-0.2, 0) is 4.79 Å². The zero-order valence-corrected chi connectivity index (χ0v) is 12.0. The van der Waals surface area contributed by atoms with Crippen molar-refractivity contribution in [1.29, 1.82) is 0 Å². The Hall–Kier alpha value is -2.01. The van der Waals surface area contributed by atoms with Crippen LogP contribution in [0.1, 0.15) is 29.8 Å². The van der Waals surface area contributed by atoms with Crippen LogP contribution in [0.5, 0.6) is 0 Å². The zero-order valence-electron chi connectivity index (χ0n) is 11.2. The van der Waals surface area contributed by atoms with E-state index in [4.69, 9.17) is 11.6 Å². The van der Waals surface area contributed by atoms with Crippen LogP contribution >= 0.6 is 11.6 Å². The number of benzene rings is 1. The van der Waals surface area contributed by atoms with E-state index in [1.54, 1.807) is 18.2 Å². The minimum atomic E-state index is -0.996. The molecule has 0 radical (unpaired) electrons. The highest BCUT2D eigenvalue weighted by Gasteiger charge is 2.30. The molecule has 1 aliphatic rings. The van der Waals surface area contributed by atoms with E-state index >= 15 is 0 Å². The number of halogens is 1. The van der Waals surface area contributed by atoms with Crippen molar-refractivity contribution in [2.45, 2.75) is 25.3 Å². The van der Waals surface area contributed by atoms with E-state index in [0.29, 0.717) is 28.6 Å². The van der Waals surface area contributed by atoms with Gasteiger partial charge in [0.1, 0.15) is 11.7 Å². The van der Waals surface area contributed by atoms with E-state index in [2.05, 4.69) is 10.3 Å². The van der Waals surface area contributed by atoms with E-state index < -0.39 is 17.9 Å². The minimum absolute atomic E-state index is 0.320. The Morgan fingerprint density at radius 1 is 1.43 bits per heavy atom. The maximum atomic E-state index is 12.2. The number of carboxylic acids is 1. The van der Waals surface area contributed by atoms with Gasteiger partial charge in [0.15, 0.2) is 0 Å². The summed E-state index contributed by atoms with van der Waals surface area (Å²) in [6.07, 6.45) is 2.57. The fraction of sp³-hybridized carbons (Fsp3) is 0.333. The van der Waals surface area contributed by atoms with Gasteiger partial charge in [-0.15, -0.1) is 0 Å². The van der Waals surface area contributed by atoms with Crippen LogP contribution in [0.25, 0.3) is 10.9 Å². The van der Waals surface area contributed by atoms with Gasteiger partial charge in [0.25, 0.3) is 5.91 Å². The van der Waals surface area contributed by atoms with Gasteiger partial charge in [-0.1, -0.05) is 36.6 Å². The number of carboxylic acid groups (broad SMARTS) is 1. The normalized spacial score (nSPS) is 15.9. The molecule has 21 heavy (non-hydrogen) atoms. The first-order valence-corrected chi connectivity index (χ1v) is 7.23. The molecule has 2 aromatic rings. The maximum Gasteiger partial charge on any atom is 0.326 e. The monoisotopic (exact) mass is 306 g/mol. The Morgan fingerprint density at radius 3 is 2.81 bits per heavy atom. The predicted molar refractivity (Wildman–Crippen MR) is 79.5 cm³/mol. The molecule has 1 aliphatic carbocycles. The lowest BCUT2D eigenvalue weighted by Gasteiger charge is -2.13. The molecular formula is C15H15ClN2O3. The number of nitrogens with one attached hydrogen (secondary N) is 2. The van der Waals surface area contributed by atoms with Crippen LogP contribution in [-0.4, -0.2) is 28.0 Å². The Balaban J connectivity index is 1.79.